The number of benzene rings is 1. The van der Waals surface area contributed by atoms with E-state index in [0.717, 1.165) is 32.1 Å². The molecule has 2 fully saturated rings. The van der Waals surface area contributed by atoms with E-state index >= 15 is 0 Å². The lowest BCUT2D eigenvalue weighted by Crippen LogP contribution is -2.45. The van der Waals surface area contributed by atoms with Crippen molar-refractivity contribution in [3.05, 3.63) is 29.8 Å². The summed E-state index contributed by atoms with van der Waals surface area (Å²) in [6.45, 7) is 11.3. The Morgan fingerprint density at radius 3 is 2.24 bits per heavy atom. The smallest absolute Gasteiger partial charge is 0.0377 e. The van der Waals surface area contributed by atoms with Gasteiger partial charge < -0.3 is 10.2 Å². The van der Waals surface area contributed by atoms with Crippen LogP contribution in [0.3, 0.4) is 0 Å². The summed E-state index contributed by atoms with van der Waals surface area (Å²) >= 11 is 0. The summed E-state index contributed by atoms with van der Waals surface area (Å²) < 4.78 is 0. The molecule has 3 rings (SSSR count). The van der Waals surface area contributed by atoms with E-state index in [9.17, 15) is 0 Å². The van der Waals surface area contributed by atoms with Gasteiger partial charge >= 0.3 is 0 Å². The van der Waals surface area contributed by atoms with E-state index < -0.39 is 0 Å². The third kappa shape index (κ3) is 3.41. The van der Waals surface area contributed by atoms with Gasteiger partial charge in [0.25, 0.3) is 0 Å². The first-order valence-electron chi connectivity index (χ1n) is 8.63. The van der Waals surface area contributed by atoms with E-state index in [4.69, 9.17) is 0 Å². The Balaban J connectivity index is 1.76. The number of rotatable bonds is 6. The van der Waals surface area contributed by atoms with Crippen LogP contribution < -0.4 is 10.2 Å². The molecule has 1 aromatic carbocycles. The molecule has 0 unspecified atom stereocenters. The second-order valence-electron chi connectivity index (χ2n) is 6.33. The molecular formula is C18H29N3. The zero-order valence-corrected chi connectivity index (χ0v) is 13.5. The number of hydrogen-bond acceptors (Lipinski definition) is 3. The third-order valence-corrected chi connectivity index (χ3v) is 4.98. The molecule has 21 heavy (non-hydrogen) atoms. The van der Waals surface area contributed by atoms with Gasteiger partial charge in [-0.05, 0) is 50.3 Å². The van der Waals surface area contributed by atoms with Crippen molar-refractivity contribution in [1.29, 1.82) is 0 Å². The number of anilines is 1. The molecule has 3 nitrogen and oxygen atoms in total. The molecule has 1 saturated carbocycles. The second kappa shape index (κ2) is 6.80. The quantitative estimate of drug-likeness (QED) is 0.868. The zero-order valence-electron chi connectivity index (χ0n) is 13.5. The van der Waals surface area contributed by atoms with Gasteiger partial charge in [-0.15, -0.1) is 0 Å². The lowest BCUT2D eigenvalue weighted by atomic mass is 9.99. The summed E-state index contributed by atoms with van der Waals surface area (Å²) in [7, 11) is 0. The third-order valence-electron chi connectivity index (χ3n) is 4.98. The fourth-order valence-corrected chi connectivity index (χ4v) is 3.62. The van der Waals surface area contributed by atoms with Gasteiger partial charge in [0.05, 0.1) is 0 Å². The lowest BCUT2D eigenvalue weighted by molar-refractivity contribution is 0.156. The van der Waals surface area contributed by atoms with Crippen molar-refractivity contribution < 1.29 is 0 Å². The van der Waals surface area contributed by atoms with Crippen LogP contribution in [0.25, 0.3) is 0 Å². The molecule has 0 spiro atoms. The highest BCUT2D eigenvalue weighted by Crippen LogP contribution is 2.44. The fraction of sp³-hybridized carbons (Fsp3) is 0.667. The zero-order chi connectivity index (χ0) is 14.7. The van der Waals surface area contributed by atoms with Crippen LogP contribution in [0.4, 0.5) is 5.69 Å². The van der Waals surface area contributed by atoms with Crippen LogP contribution in [0.1, 0.15) is 38.3 Å². The maximum Gasteiger partial charge on any atom is 0.0377 e. The summed E-state index contributed by atoms with van der Waals surface area (Å²) in [6.07, 6.45) is 2.82. The van der Waals surface area contributed by atoms with Crippen LogP contribution in [-0.4, -0.2) is 44.2 Å². The van der Waals surface area contributed by atoms with Gasteiger partial charge in [-0.2, -0.15) is 0 Å². The molecule has 1 atom stereocenters. The van der Waals surface area contributed by atoms with E-state index in [1.807, 2.05) is 0 Å². The Hall–Kier alpha value is -1.06. The molecule has 1 aliphatic carbocycles. The number of piperazine rings is 1. The molecule has 1 heterocycles. The molecule has 3 heteroatoms. The Labute approximate surface area is 129 Å². The predicted molar refractivity (Wildman–Crippen MR) is 89.9 cm³/mol. The molecule has 0 bridgehead atoms. The van der Waals surface area contributed by atoms with E-state index in [1.54, 1.807) is 0 Å². The van der Waals surface area contributed by atoms with Gasteiger partial charge in [-0.25, -0.2) is 0 Å². The highest BCUT2D eigenvalue weighted by atomic mass is 15.2. The average molecular weight is 287 g/mol. The molecule has 1 aromatic rings. The number of hydrogen-bond donors (Lipinski definition) is 1. The molecule has 1 saturated heterocycles. The van der Waals surface area contributed by atoms with Crippen LogP contribution in [0.15, 0.2) is 24.3 Å². The Morgan fingerprint density at radius 1 is 1.10 bits per heavy atom. The minimum absolute atomic E-state index is 0.651. The van der Waals surface area contributed by atoms with Gasteiger partial charge in [0.1, 0.15) is 0 Å². The van der Waals surface area contributed by atoms with Gasteiger partial charge in [-0.3, -0.25) is 4.90 Å². The van der Waals surface area contributed by atoms with Crippen molar-refractivity contribution >= 4 is 5.69 Å². The van der Waals surface area contributed by atoms with E-state index in [1.165, 1.54) is 37.2 Å². The van der Waals surface area contributed by atoms with Gasteiger partial charge in [0.2, 0.25) is 0 Å². The molecule has 0 amide bonds. The highest BCUT2D eigenvalue weighted by Gasteiger charge is 2.36. The predicted octanol–water partition coefficient (Wildman–Crippen LogP) is 2.89. The van der Waals surface area contributed by atoms with E-state index in [0.29, 0.717) is 6.04 Å². The van der Waals surface area contributed by atoms with Crippen LogP contribution in [-0.2, 0) is 0 Å². The summed E-state index contributed by atoms with van der Waals surface area (Å²) in [4.78, 5) is 5.11. The first-order chi connectivity index (χ1) is 10.3. The van der Waals surface area contributed by atoms with E-state index in [-0.39, 0.29) is 0 Å². The van der Waals surface area contributed by atoms with Crippen LogP contribution in [0, 0.1) is 5.92 Å². The van der Waals surface area contributed by atoms with Crippen molar-refractivity contribution in [2.45, 2.75) is 32.7 Å². The van der Waals surface area contributed by atoms with Gasteiger partial charge in [0.15, 0.2) is 0 Å². The van der Waals surface area contributed by atoms with E-state index in [2.05, 4.69) is 53.2 Å². The monoisotopic (exact) mass is 287 g/mol. The summed E-state index contributed by atoms with van der Waals surface area (Å²) in [5, 5.41) is 3.47. The second-order valence-corrected chi connectivity index (χ2v) is 6.33. The van der Waals surface area contributed by atoms with Crippen molar-refractivity contribution in [2.24, 2.45) is 5.92 Å². The minimum atomic E-state index is 0.651. The van der Waals surface area contributed by atoms with Crippen molar-refractivity contribution in [2.75, 3.05) is 44.2 Å². The topological polar surface area (TPSA) is 18.5 Å². The maximum absolute atomic E-state index is 3.47. The van der Waals surface area contributed by atoms with Gasteiger partial charge in [-0.1, -0.05) is 12.1 Å². The molecule has 2 aliphatic rings. The summed E-state index contributed by atoms with van der Waals surface area (Å²) in [5.74, 6) is 0.891. The normalized spacial score (nSPS) is 21.2. The summed E-state index contributed by atoms with van der Waals surface area (Å²) in [6, 6.07) is 10.0. The minimum Gasteiger partial charge on any atom is -0.372 e. The SMILES string of the molecule is CCN(CC)c1ccc([C@@H](C2CC2)N2CCNCC2)cc1. The summed E-state index contributed by atoms with van der Waals surface area (Å²) in [5.41, 5.74) is 2.88. The number of nitrogens with zero attached hydrogens (tertiary/aromatic N) is 2. The van der Waals surface area contributed by atoms with Gasteiger partial charge in [0, 0.05) is 51.0 Å². The molecule has 0 radical (unpaired) electrons. The number of nitrogens with one attached hydrogen (secondary N) is 1. The molecular weight excluding hydrogens is 258 g/mol. The maximum atomic E-state index is 3.47. The molecule has 1 N–H and O–H groups in total. The Kier molecular flexibility index (Phi) is 4.81. The fourth-order valence-electron chi connectivity index (χ4n) is 3.62. The van der Waals surface area contributed by atoms with Crippen molar-refractivity contribution in [3.8, 4) is 0 Å². The Bertz CT molecular complexity index is 428. The van der Waals surface area contributed by atoms with Crippen LogP contribution in [0.5, 0.6) is 0 Å². The average Bonchev–Trinajstić information content (AvgIpc) is 3.36. The standard InChI is InChI=1S/C18H29N3/c1-3-20(4-2)17-9-7-16(8-10-17)18(15-5-6-15)21-13-11-19-12-14-21/h7-10,15,18-19H,3-6,11-14H2,1-2H3/t18-/m1/s1. The van der Waals surface area contributed by atoms with Crippen LogP contribution >= 0.6 is 0 Å². The highest BCUT2D eigenvalue weighted by molar-refractivity contribution is 5.48. The first-order valence-corrected chi connectivity index (χ1v) is 8.63. The van der Waals surface area contributed by atoms with Crippen molar-refractivity contribution in [1.82, 2.24) is 10.2 Å². The largest absolute Gasteiger partial charge is 0.372 e. The van der Waals surface area contributed by atoms with Crippen molar-refractivity contribution in [3.63, 3.8) is 0 Å². The molecule has 1 aliphatic heterocycles. The first kappa shape index (κ1) is 14.9. The van der Waals surface area contributed by atoms with Crippen LogP contribution in [0.2, 0.25) is 0 Å². The molecule has 0 aromatic heterocycles. The Morgan fingerprint density at radius 2 is 1.71 bits per heavy atom. The molecule has 116 valence electrons. The lowest BCUT2D eigenvalue weighted by Gasteiger charge is -2.35.